The van der Waals surface area contributed by atoms with Crippen molar-refractivity contribution in [3.8, 4) is 0 Å². The Morgan fingerprint density at radius 1 is 1.26 bits per heavy atom. The largest absolute Gasteiger partial charge is 0.477 e. The number of carboxylic acid groups (broad SMARTS) is 1. The van der Waals surface area contributed by atoms with Crippen molar-refractivity contribution in [1.29, 1.82) is 0 Å². The van der Waals surface area contributed by atoms with Gasteiger partial charge in [-0.25, -0.2) is 9.78 Å². The predicted molar refractivity (Wildman–Crippen MR) is 72.3 cm³/mol. The summed E-state index contributed by atoms with van der Waals surface area (Å²) < 4.78 is 0. The molecule has 0 spiro atoms. The standard InChI is InChI=1S/C15H20N2O2/c18-15(19)14-9-11(8-13(16-14)12-4-5-12)10-17-6-2-1-3-7-17/h8-9,12H,1-7,10H2,(H,18,19). The van der Waals surface area contributed by atoms with Gasteiger partial charge in [0.2, 0.25) is 0 Å². The van der Waals surface area contributed by atoms with Gasteiger partial charge in [0.05, 0.1) is 0 Å². The Balaban J connectivity index is 1.80. The highest BCUT2D eigenvalue weighted by Crippen LogP contribution is 2.39. The first-order chi connectivity index (χ1) is 9.22. The molecule has 1 aliphatic heterocycles. The fourth-order valence-corrected chi connectivity index (χ4v) is 2.78. The van der Waals surface area contributed by atoms with Gasteiger partial charge in [0.1, 0.15) is 5.69 Å². The number of carboxylic acids is 1. The lowest BCUT2D eigenvalue weighted by Gasteiger charge is -2.26. The number of aromatic nitrogens is 1. The van der Waals surface area contributed by atoms with Gasteiger partial charge in [-0.15, -0.1) is 0 Å². The second-order valence-electron chi connectivity index (χ2n) is 5.70. The van der Waals surface area contributed by atoms with Crippen LogP contribution in [0, 0.1) is 0 Å². The molecule has 0 atom stereocenters. The van der Waals surface area contributed by atoms with E-state index in [0.717, 1.165) is 43.7 Å². The maximum atomic E-state index is 11.2. The molecule has 1 saturated heterocycles. The van der Waals surface area contributed by atoms with Gasteiger partial charge < -0.3 is 5.11 Å². The van der Waals surface area contributed by atoms with Crippen molar-refractivity contribution in [3.63, 3.8) is 0 Å². The highest BCUT2D eigenvalue weighted by atomic mass is 16.4. The molecule has 19 heavy (non-hydrogen) atoms. The minimum Gasteiger partial charge on any atom is -0.477 e. The van der Waals surface area contributed by atoms with E-state index in [-0.39, 0.29) is 5.69 Å². The molecule has 2 aliphatic rings. The second-order valence-corrected chi connectivity index (χ2v) is 5.70. The first-order valence-corrected chi connectivity index (χ1v) is 7.19. The molecule has 0 unspecified atom stereocenters. The lowest BCUT2D eigenvalue weighted by molar-refractivity contribution is 0.0690. The van der Waals surface area contributed by atoms with Gasteiger partial charge in [0.15, 0.2) is 0 Å². The van der Waals surface area contributed by atoms with E-state index < -0.39 is 5.97 Å². The maximum Gasteiger partial charge on any atom is 0.354 e. The number of hydrogen-bond acceptors (Lipinski definition) is 3. The van der Waals surface area contributed by atoms with Gasteiger partial charge in [-0.1, -0.05) is 6.42 Å². The third kappa shape index (κ3) is 3.13. The summed E-state index contributed by atoms with van der Waals surface area (Å²) in [6, 6.07) is 3.85. The zero-order valence-corrected chi connectivity index (χ0v) is 11.1. The van der Waals surface area contributed by atoms with E-state index in [4.69, 9.17) is 5.11 Å². The van der Waals surface area contributed by atoms with E-state index in [1.165, 1.54) is 19.3 Å². The topological polar surface area (TPSA) is 53.4 Å². The molecule has 1 aromatic rings. The lowest BCUT2D eigenvalue weighted by Crippen LogP contribution is -2.29. The van der Waals surface area contributed by atoms with Gasteiger partial charge >= 0.3 is 5.97 Å². The minimum absolute atomic E-state index is 0.205. The molecule has 4 nitrogen and oxygen atoms in total. The molecule has 3 rings (SSSR count). The Kier molecular flexibility index (Phi) is 3.51. The van der Waals surface area contributed by atoms with Crippen LogP contribution in [0.3, 0.4) is 0 Å². The number of aromatic carboxylic acids is 1. The van der Waals surface area contributed by atoms with E-state index in [1.54, 1.807) is 6.07 Å². The van der Waals surface area contributed by atoms with Crippen LogP contribution < -0.4 is 0 Å². The van der Waals surface area contributed by atoms with Crippen molar-refractivity contribution in [3.05, 3.63) is 29.1 Å². The van der Waals surface area contributed by atoms with Crippen molar-refractivity contribution in [1.82, 2.24) is 9.88 Å². The van der Waals surface area contributed by atoms with Crippen LogP contribution in [0.25, 0.3) is 0 Å². The molecule has 1 aliphatic carbocycles. The number of likely N-dealkylation sites (tertiary alicyclic amines) is 1. The molecule has 1 saturated carbocycles. The minimum atomic E-state index is -0.914. The molecular weight excluding hydrogens is 240 g/mol. The zero-order valence-electron chi connectivity index (χ0n) is 11.1. The molecule has 1 aromatic heterocycles. The molecule has 0 radical (unpaired) electrons. The highest BCUT2D eigenvalue weighted by molar-refractivity contribution is 5.85. The Hall–Kier alpha value is -1.42. The van der Waals surface area contributed by atoms with Crippen LogP contribution in [0.5, 0.6) is 0 Å². The van der Waals surface area contributed by atoms with E-state index >= 15 is 0 Å². The van der Waals surface area contributed by atoms with Crippen molar-refractivity contribution in [2.24, 2.45) is 0 Å². The zero-order chi connectivity index (χ0) is 13.2. The Morgan fingerprint density at radius 2 is 2.00 bits per heavy atom. The fourth-order valence-electron chi connectivity index (χ4n) is 2.78. The molecule has 1 N–H and O–H groups in total. The van der Waals surface area contributed by atoms with Crippen LogP contribution in [0.2, 0.25) is 0 Å². The number of piperidine rings is 1. The summed E-state index contributed by atoms with van der Waals surface area (Å²) in [6.07, 6.45) is 6.14. The van der Waals surface area contributed by atoms with Gasteiger partial charge in [-0.2, -0.15) is 0 Å². The molecule has 2 fully saturated rings. The van der Waals surface area contributed by atoms with Crippen LogP contribution in [0.1, 0.15) is 59.8 Å². The van der Waals surface area contributed by atoms with Crippen molar-refractivity contribution in [2.45, 2.75) is 44.6 Å². The monoisotopic (exact) mass is 260 g/mol. The second kappa shape index (κ2) is 5.29. The highest BCUT2D eigenvalue weighted by Gasteiger charge is 2.26. The number of rotatable bonds is 4. The fraction of sp³-hybridized carbons (Fsp3) is 0.600. The van der Waals surface area contributed by atoms with Gasteiger partial charge in [-0.05, 0) is 56.5 Å². The first kappa shape index (κ1) is 12.6. The summed E-state index contributed by atoms with van der Waals surface area (Å²) >= 11 is 0. The van der Waals surface area contributed by atoms with Crippen molar-refractivity contribution in [2.75, 3.05) is 13.1 Å². The number of pyridine rings is 1. The summed E-state index contributed by atoms with van der Waals surface area (Å²) in [5.74, 6) is -0.415. The molecule has 4 heteroatoms. The normalized spacial score (nSPS) is 20.4. The summed E-state index contributed by atoms with van der Waals surface area (Å²) in [7, 11) is 0. The Bertz CT molecular complexity index is 477. The van der Waals surface area contributed by atoms with E-state index in [0.29, 0.717) is 5.92 Å². The smallest absolute Gasteiger partial charge is 0.354 e. The van der Waals surface area contributed by atoms with E-state index in [1.807, 2.05) is 0 Å². The average Bonchev–Trinajstić information content (AvgIpc) is 3.24. The molecular formula is C15H20N2O2. The molecule has 0 amide bonds. The molecule has 102 valence electrons. The predicted octanol–water partition coefficient (Wildman–Crippen LogP) is 2.64. The van der Waals surface area contributed by atoms with Gasteiger partial charge in [-0.3, -0.25) is 4.90 Å². The summed E-state index contributed by atoms with van der Waals surface area (Å²) in [6.45, 7) is 3.12. The van der Waals surface area contributed by atoms with E-state index in [9.17, 15) is 4.79 Å². The molecule has 0 bridgehead atoms. The van der Waals surface area contributed by atoms with Crippen LogP contribution in [0.4, 0.5) is 0 Å². The number of nitrogens with zero attached hydrogens (tertiary/aromatic N) is 2. The first-order valence-electron chi connectivity index (χ1n) is 7.19. The maximum absolute atomic E-state index is 11.2. The van der Waals surface area contributed by atoms with Crippen LogP contribution in [-0.4, -0.2) is 34.0 Å². The Labute approximate surface area is 113 Å². The van der Waals surface area contributed by atoms with Gasteiger partial charge in [0.25, 0.3) is 0 Å². The van der Waals surface area contributed by atoms with Crippen LogP contribution in [0.15, 0.2) is 12.1 Å². The summed E-state index contributed by atoms with van der Waals surface area (Å²) in [5, 5.41) is 9.17. The number of carbonyl (C=O) groups is 1. The van der Waals surface area contributed by atoms with Crippen molar-refractivity contribution >= 4 is 5.97 Å². The van der Waals surface area contributed by atoms with E-state index in [2.05, 4.69) is 16.0 Å². The third-order valence-electron chi connectivity index (χ3n) is 3.97. The summed E-state index contributed by atoms with van der Waals surface area (Å²) in [5.41, 5.74) is 2.29. The Morgan fingerprint density at radius 3 is 2.63 bits per heavy atom. The summed E-state index contributed by atoms with van der Waals surface area (Å²) in [4.78, 5) is 17.9. The van der Waals surface area contributed by atoms with Crippen molar-refractivity contribution < 1.29 is 9.90 Å². The van der Waals surface area contributed by atoms with Crippen LogP contribution >= 0.6 is 0 Å². The molecule has 2 heterocycles. The quantitative estimate of drug-likeness (QED) is 0.904. The SMILES string of the molecule is O=C(O)c1cc(CN2CCCCC2)cc(C2CC2)n1. The third-order valence-corrected chi connectivity index (χ3v) is 3.97. The average molecular weight is 260 g/mol. The lowest BCUT2D eigenvalue weighted by atomic mass is 10.1. The molecule has 0 aromatic carbocycles. The van der Waals surface area contributed by atoms with Gasteiger partial charge in [0, 0.05) is 18.2 Å². The van der Waals surface area contributed by atoms with Crippen LogP contribution in [-0.2, 0) is 6.54 Å². The number of hydrogen-bond donors (Lipinski definition) is 1.